The first-order valence-corrected chi connectivity index (χ1v) is 19.3. The second-order valence-electron chi connectivity index (χ2n) is 16.8. The molecule has 0 aromatic carbocycles. The van der Waals surface area contributed by atoms with Crippen LogP contribution in [-0.2, 0) is 19.1 Å². The highest BCUT2D eigenvalue weighted by Gasteiger charge is 2.61. The van der Waals surface area contributed by atoms with E-state index in [1.54, 1.807) is 6.08 Å². The minimum absolute atomic E-state index is 0.0383. The van der Waals surface area contributed by atoms with E-state index >= 15 is 0 Å². The minimum Gasteiger partial charge on any atom is -0.512 e. The predicted molar refractivity (Wildman–Crippen MR) is 178 cm³/mol. The number of ketones is 2. The van der Waals surface area contributed by atoms with E-state index in [-0.39, 0.29) is 41.2 Å². The number of carbonyl (C=O) groups is 2. The van der Waals surface area contributed by atoms with Gasteiger partial charge in [-0.1, -0.05) is 57.4 Å². The molecule has 2 heterocycles. The number of hydrogen-bond acceptors (Lipinski definition) is 10. The molecule has 5 aliphatic carbocycles. The number of ether oxygens (including phenoxy) is 2. The number of aliphatic hydroxyl groups is 5. The summed E-state index contributed by atoms with van der Waals surface area (Å²) in [5.41, 5.74) is 4.91. The Kier molecular flexibility index (Phi) is 10.5. The van der Waals surface area contributed by atoms with Crippen LogP contribution in [0.2, 0.25) is 0 Å². The number of allylic oxidation sites excluding steroid dienone is 4. The van der Waals surface area contributed by atoms with Gasteiger partial charge < -0.3 is 40.3 Å². The van der Waals surface area contributed by atoms with Crippen molar-refractivity contribution in [2.75, 3.05) is 13.2 Å². The van der Waals surface area contributed by atoms with Gasteiger partial charge in [0.25, 0.3) is 0 Å². The molecule has 0 amide bonds. The molecular formula is C38H59N2O9+. The van der Waals surface area contributed by atoms with Gasteiger partial charge in [0.15, 0.2) is 12.1 Å². The maximum absolute atomic E-state index is 14.2. The third-order valence-electron chi connectivity index (χ3n) is 13.9. The Morgan fingerprint density at radius 3 is 2.43 bits per heavy atom. The van der Waals surface area contributed by atoms with Gasteiger partial charge in [-0.25, -0.2) is 0 Å². The van der Waals surface area contributed by atoms with E-state index in [1.165, 1.54) is 19.3 Å². The van der Waals surface area contributed by atoms with Gasteiger partial charge in [0.2, 0.25) is 0 Å². The van der Waals surface area contributed by atoms with E-state index < -0.39 is 66.6 Å². The Morgan fingerprint density at radius 1 is 0.959 bits per heavy atom. The average Bonchev–Trinajstić information content (AvgIpc) is 3.57. The Bertz CT molecular complexity index is 1290. The van der Waals surface area contributed by atoms with E-state index in [1.807, 2.05) is 6.08 Å². The molecular weight excluding hydrogens is 628 g/mol. The predicted octanol–water partition coefficient (Wildman–Crippen LogP) is 1.90. The van der Waals surface area contributed by atoms with Crippen molar-refractivity contribution >= 4 is 11.6 Å². The van der Waals surface area contributed by atoms with Crippen molar-refractivity contribution in [3.05, 3.63) is 23.5 Å². The van der Waals surface area contributed by atoms with E-state index in [0.29, 0.717) is 25.2 Å². The summed E-state index contributed by atoms with van der Waals surface area (Å²) in [5.74, 6) is -2.69. The van der Waals surface area contributed by atoms with Crippen molar-refractivity contribution in [1.29, 1.82) is 0 Å². The van der Waals surface area contributed by atoms with Crippen LogP contribution in [0, 0.1) is 40.9 Å². The number of quaternary nitrogens is 1. The van der Waals surface area contributed by atoms with Gasteiger partial charge in [-0.15, -0.1) is 0 Å². The molecule has 12 atom stereocenters. The second kappa shape index (κ2) is 14.4. The van der Waals surface area contributed by atoms with Crippen LogP contribution in [0.15, 0.2) is 23.5 Å². The Balaban J connectivity index is 1.11. The molecule has 2 aliphatic heterocycles. The number of carbonyl (C=O) groups excluding carboxylic acids is 2. The number of aliphatic hydroxyl groups excluding tert-OH is 4. The molecule has 0 aromatic heterocycles. The second-order valence-corrected chi connectivity index (χ2v) is 16.8. The molecule has 0 bridgehead atoms. The quantitative estimate of drug-likeness (QED) is 0.198. The third-order valence-corrected chi connectivity index (χ3v) is 13.9. The van der Waals surface area contributed by atoms with Crippen molar-refractivity contribution in [3.63, 3.8) is 0 Å². The summed E-state index contributed by atoms with van der Waals surface area (Å²) in [4.78, 5) is 28.3. The standard InChI is InChI=1S/C38H58N2O9/c39-29-18-23(11-14-40-29)37(12-4-5-13-37)20-38(47)34(45)28(19-41)49-36(35(38)46)48-27-10-6-9-24-31(27)33(44)30-25(32(24)43)16-22(17-26(30)42)15-21-7-2-1-3-8-21/h16-17,21,23-25,27-31,34-36,40-42,45-47H,1-15,18-20,39H2/p+1. The van der Waals surface area contributed by atoms with Crippen LogP contribution in [-0.4, -0.2) is 92.7 Å². The number of hydrogen-bond donors (Lipinski definition) is 7. The van der Waals surface area contributed by atoms with E-state index in [9.17, 15) is 35.1 Å². The van der Waals surface area contributed by atoms with Crippen molar-refractivity contribution in [2.45, 2.75) is 145 Å². The zero-order valence-corrected chi connectivity index (χ0v) is 28.8. The van der Waals surface area contributed by atoms with Gasteiger partial charge in [-0.05, 0) is 67.4 Å². The molecule has 0 aromatic rings. The van der Waals surface area contributed by atoms with Crippen LogP contribution in [0.5, 0.6) is 0 Å². The van der Waals surface area contributed by atoms with E-state index in [0.717, 1.165) is 69.9 Å². The summed E-state index contributed by atoms with van der Waals surface area (Å²) < 4.78 is 12.4. The monoisotopic (exact) mass is 687 g/mol. The number of fused-ring (bicyclic) bond motifs is 2. The highest BCUT2D eigenvalue weighted by molar-refractivity contribution is 6.02. The number of Topliss-reactive ketones (excluding diaryl/α,β-unsaturated/α-hetero) is 2. The zero-order chi connectivity index (χ0) is 34.5. The fraction of sp³-hybridized carbons (Fsp3) is 0.842. The van der Waals surface area contributed by atoms with Crippen LogP contribution in [0.4, 0.5) is 0 Å². The average molecular weight is 688 g/mol. The van der Waals surface area contributed by atoms with Crippen LogP contribution >= 0.6 is 0 Å². The topological polar surface area (TPSA) is 196 Å². The van der Waals surface area contributed by atoms with Gasteiger partial charge in [0.1, 0.15) is 41.6 Å². The minimum atomic E-state index is -2.04. The molecule has 7 aliphatic rings. The number of piperidine rings is 1. The molecule has 0 spiro atoms. The molecule has 6 fully saturated rings. The Labute approximate surface area is 289 Å². The lowest BCUT2D eigenvalue weighted by molar-refractivity contribution is -0.700. The molecule has 274 valence electrons. The van der Waals surface area contributed by atoms with Gasteiger partial charge in [-0.3, -0.25) is 15.3 Å². The Hall–Kier alpha value is -1.70. The lowest BCUT2D eigenvalue weighted by atomic mass is 9.59. The molecule has 49 heavy (non-hydrogen) atoms. The largest absolute Gasteiger partial charge is 0.512 e. The summed E-state index contributed by atoms with van der Waals surface area (Å²) >= 11 is 0. The normalized spacial score (nSPS) is 44.6. The van der Waals surface area contributed by atoms with E-state index in [4.69, 9.17) is 15.2 Å². The first-order chi connectivity index (χ1) is 23.5. The van der Waals surface area contributed by atoms with E-state index in [2.05, 4.69) is 5.32 Å². The lowest BCUT2D eigenvalue weighted by Crippen LogP contribution is -2.95. The Morgan fingerprint density at radius 2 is 1.71 bits per heavy atom. The summed E-state index contributed by atoms with van der Waals surface area (Å²) in [6, 6.07) is 0. The molecule has 9 N–H and O–H groups in total. The van der Waals surface area contributed by atoms with Crippen LogP contribution in [0.3, 0.4) is 0 Å². The summed E-state index contributed by atoms with van der Waals surface area (Å²) in [6.45, 7) is 0.283. The lowest BCUT2D eigenvalue weighted by Gasteiger charge is -2.53. The fourth-order valence-corrected chi connectivity index (χ4v) is 11.4. The third kappa shape index (κ3) is 6.60. The van der Waals surface area contributed by atoms with Crippen LogP contribution in [0.25, 0.3) is 0 Å². The van der Waals surface area contributed by atoms with Crippen molar-refractivity contribution in [3.8, 4) is 0 Å². The number of nitrogens with two attached hydrogens (primary N) is 2. The molecule has 11 nitrogen and oxygen atoms in total. The summed E-state index contributed by atoms with van der Waals surface area (Å²) in [5, 5.41) is 59.2. The number of rotatable bonds is 8. The van der Waals surface area contributed by atoms with Gasteiger partial charge in [0, 0.05) is 18.8 Å². The van der Waals surface area contributed by atoms with Crippen LogP contribution in [0.1, 0.15) is 103 Å². The highest BCUT2D eigenvalue weighted by Crippen LogP contribution is 2.55. The molecule has 2 saturated heterocycles. The fourth-order valence-electron chi connectivity index (χ4n) is 11.4. The maximum atomic E-state index is 14.2. The smallest absolute Gasteiger partial charge is 0.187 e. The van der Waals surface area contributed by atoms with Crippen molar-refractivity contribution < 1.29 is 49.9 Å². The highest BCUT2D eigenvalue weighted by atomic mass is 16.7. The summed E-state index contributed by atoms with van der Waals surface area (Å²) in [7, 11) is 0. The summed E-state index contributed by atoms with van der Waals surface area (Å²) in [6.07, 6.45) is 10.7. The first-order valence-electron chi connectivity index (χ1n) is 19.3. The van der Waals surface area contributed by atoms with Crippen molar-refractivity contribution in [2.24, 2.45) is 46.7 Å². The first kappa shape index (κ1) is 35.7. The van der Waals surface area contributed by atoms with Gasteiger partial charge in [0.05, 0.1) is 37.0 Å². The van der Waals surface area contributed by atoms with Gasteiger partial charge >= 0.3 is 0 Å². The van der Waals surface area contributed by atoms with Crippen LogP contribution < -0.4 is 11.1 Å². The van der Waals surface area contributed by atoms with Crippen molar-refractivity contribution in [1.82, 2.24) is 0 Å². The molecule has 7 rings (SSSR count). The SMILES string of the molecule is NC1CC(C2(CC3(O)C(O)C(CO)OC(OC4CCCC5C(=O)C6C=C(CC7CCCCC7)C=C(O)C6C(=O)C45)C3O)CCCC2)CC[NH2+]1. The molecule has 0 radical (unpaired) electrons. The molecule has 11 heteroatoms. The molecule has 4 saturated carbocycles. The molecule has 12 unspecified atom stereocenters. The maximum Gasteiger partial charge on any atom is 0.187 e. The zero-order valence-electron chi connectivity index (χ0n) is 28.8. The van der Waals surface area contributed by atoms with Gasteiger partial charge in [-0.2, -0.15) is 0 Å².